The van der Waals surface area contributed by atoms with Crippen molar-refractivity contribution >= 4 is 5.96 Å². The number of aliphatic imine (C=N–C) groups is 1. The topological polar surface area (TPSA) is 69.1 Å². The Bertz CT molecular complexity index is 566. The molecule has 0 atom stereocenters. The number of guanidine groups is 1. The van der Waals surface area contributed by atoms with Gasteiger partial charge in [0.2, 0.25) is 0 Å². The monoisotopic (exact) mass is 390 g/mol. The summed E-state index contributed by atoms with van der Waals surface area (Å²) in [6.45, 7) is 10.4. The fourth-order valence-electron chi connectivity index (χ4n) is 3.20. The normalized spacial score (nSPS) is 16.5. The molecule has 28 heavy (non-hydrogen) atoms. The van der Waals surface area contributed by atoms with E-state index in [-0.39, 0.29) is 6.10 Å². The molecular formula is C22H38N4O2. The van der Waals surface area contributed by atoms with Crippen LogP contribution in [0.3, 0.4) is 0 Å². The Morgan fingerprint density at radius 3 is 2.50 bits per heavy atom. The zero-order chi connectivity index (χ0) is 20.2. The van der Waals surface area contributed by atoms with E-state index in [0.29, 0.717) is 5.92 Å². The molecule has 0 amide bonds. The van der Waals surface area contributed by atoms with E-state index in [1.807, 2.05) is 0 Å². The van der Waals surface area contributed by atoms with E-state index in [0.717, 1.165) is 71.2 Å². The molecule has 158 valence electrons. The third-order valence-corrected chi connectivity index (χ3v) is 4.88. The van der Waals surface area contributed by atoms with Gasteiger partial charge in [-0.25, -0.2) is 0 Å². The van der Waals surface area contributed by atoms with Crippen molar-refractivity contribution in [2.24, 2.45) is 10.9 Å². The van der Waals surface area contributed by atoms with E-state index in [2.05, 4.69) is 58.6 Å². The van der Waals surface area contributed by atoms with Crippen LogP contribution in [0.25, 0.3) is 0 Å². The molecule has 1 aromatic rings. The molecule has 2 rings (SSSR count). The Morgan fingerprint density at radius 1 is 1.18 bits per heavy atom. The lowest BCUT2D eigenvalue weighted by Gasteiger charge is -2.29. The lowest BCUT2D eigenvalue weighted by molar-refractivity contribution is 0.0792. The van der Waals surface area contributed by atoms with E-state index in [4.69, 9.17) is 4.74 Å². The number of aliphatic hydroxyl groups is 1. The molecule has 1 saturated heterocycles. The van der Waals surface area contributed by atoms with Crippen molar-refractivity contribution in [3.05, 3.63) is 35.4 Å². The number of hydrogen-bond donors (Lipinski definition) is 3. The van der Waals surface area contributed by atoms with E-state index >= 15 is 0 Å². The zero-order valence-corrected chi connectivity index (χ0v) is 17.8. The van der Waals surface area contributed by atoms with Crippen LogP contribution in [0.4, 0.5) is 0 Å². The van der Waals surface area contributed by atoms with Gasteiger partial charge in [-0.3, -0.25) is 9.89 Å². The minimum Gasteiger partial charge on any atom is -0.393 e. The molecule has 0 aromatic heterocycles. The van der Waals surface area contributed by atoms with Gasteiger partial charge in [0.15, 0.2) is 5.96 Å². The highest BCUT2D eigenvalue weighted by Crippen LogP contribution is 2.14. The zero-order valence-electron chi connectivity index (χ0n) is 17.8. The fourth-order valence-corrected chi connectivity index (χ4v) is 3.20. The summed E-state index contributed by atoms with van der Waals surface area (Å²) in [5.74, 6) is 1.40. The molecule has 3 N–H and O–H groups in total. The Kier molecular flexibility index (Phi) is 10.3. The first-order valence-electron chi connectivity index (χ1n) is 10.6. The largest absolute Gasteiger partial charge is 0.393 e. The first kappa shape index (κ1) is 22.7. The molecule has 1 heterocycles. The van der Waals surface area contributed by atoms with Gasteiger partial charge in [0.05, 0.1) is 6.10 Å². The number of aliphatic hydroxyl groups excluding tert-OH is 1. The Labute approximate surface area is 170 Å². The van der Waals surface area contributed by atoms with E-state index in [9.17, 15) is 5.11 Å². The highest BCUT2D eigenvalue weighted by Gasteiger charge is 2.16. The first-order valence-corrected chi connectivity index (χ1v) is 10.6. The number of likely N-dealkylation sites (tertiary alicyclic amines) is 1. The van der Waals surface area contributed by atoms with Gasteiger partial charge in [0.1, 0.15) is 0 Å². The van der Waals surface area contributed by atoms with Gasteiger partial charge in [0, 0.05) is 53.0 Å². The summed E-state index contributed by atoms with van der Waals surface area (Å²) in [6, 6.07) is 8.75. The Balaban J connectivity index is 1.64. The predicted molar refractivity (Wildman–Crippen MR) is 115 cm³/mol. The van der Waals surface area contributed by atoms with E-state index in [1.165, 1.54) is 11.1 Å². The fraction of sp³-hybridized carbons (Fsp3) is 0.682. The summed E-state index contributed by atoms with van der Waals surface area (Å²) < 4.78 is 5.59. The SMILES string of the molecule is CN=C(NCCCOCC(C)C)NCc1ccc(CN2CCC(O)CC2)cc1. The van der Waals surface area contributed by atoms with E-state index < -0.39 is 0 Å². The second kappa shape index (κ2) is 12.8. The number of rotatable bonds is 10. The number of ether oxygens (including phenoxy) is 1. The summed E-state index contributed by atoms with van der Waals surface area (Å²) in [7, 11) is 1.79. The second-order valence-corrected chi connectivity index (χ2v) is 8.00. The molecule has 1 fully saturated rings. The van der Waals surface area contributed by atoms with Crippen LogP contribution in [0.5, 0.6) is 0 Å². The van der Waals surface area contributed by atoms with Gasteiger partial charge in [0.25, 0.3) is 0 Å². The molecule has 0 aliphatic carbocycles. The van der Waals surface area contributed by atoms with Crippen LogP contribution in [0.2, 0.25) is 0 Å². The molecule has 0 saturated carbocycles. The number of hydrogen-bond acceptors (Lipinski definition) is 4. The van der Waals surface area contributed by atoms with Gasteiger partial charge in [-0.1, -0.05) is 38.1 Å². The maximum Gasteiger partial charge on any atom is 0.191 e. The minimum atomic E-state index is -0.111. The number of benzene rings is 1. The third-order valence-electron chi connectivity index (χ3n) is 4.88. The summed E-state index contributed by atoms with van der Waals surface area (Å²) in [5.41, 5.74) is 2.56. The molecular weight excluding hydrogens is 352 g/mol. The third kappa shape index (κ3) is 9.04. The van der Waals surface area contributed by atoms with Crippen LogP contribution in [0, 0.1) is 5.92 Å². The van der Waals surface area contributed by atoms with Crippen molar-refractivity contribution in [2.45, 2.75) is 52.3 Å². The quantitative estimate of drug-likeness (QED) is 0.325. The average Bonchev–Trinajstić information content (AvgIpc) is 2.69. The van der Waals surface area contributed by atoms with Crippen LogP contribution in [0.15, 0.2) is 29.3 Å². The van der Waals surface area contributed by atoms with Crippen LogP contribution in [-0.4, -0.2) is 62.0 Å². The molecule has 0 radical (unpaired) electrons. The summed E-state index contributed by atoms with van der Waals surface area (Å²) >= 11 is 0. The smallest absolute Gasteiger partial charge is 0.191 e. The summed E-state index contributed by atoms with van der Waals surface area (Å²) in [4.78, 5) is 6.69. The summed E-state index contributed by atoms with van der Waals surface area (Å²) in [5, 5.41) is 16.3. The van der Waals surface area contributed by atoms with Crippen LogP contribution >= 0.6 is 0 Å². The minimum absolute atomic E-state index is 0.111. The van der Waals surface area contributed by atoms with Crippen molar-refractivity contribution in [3.8, 4) is 0 Å². The number of nitrogens with one attached hydrogen (secondary N) is 2. The van der Waals surface area contributed by atoms with Gasteiger partial charge in [-0.05, 0) is 36.3 Å². The van der Waals surface area contributed by atoms with Crippen LogP contribution in [0.1, 0.15) is 44.2 Å². The predicted octanol–water partition coefficient (Wildman–Crippen LogP) is 2.37. The Hall–Kier alpha value is -1.63. The van der Waals surface area contributed by atoms with Crippen molar-refractivity contribution in [1.29, 1.82) is 0 Å². The van der Waals surface area contributed by atoms with Crippen molar-refractivity contribution in [2.75, 3.05) is 39.9 Å². The van der Waals surface area contributed by atoms with Gasteiger partial charge < -0.3 is 20.5 Å². The first-order chi connectivity index (χ1) is 13.6. The highest BCUT2D eigenvalue weighted by molar-refractivity contribution is 5.79. The van der Waals surface area contributed by atoms with Gasteiger partial charge >= 0.3 is 0 Å². The Morgan fingerprint density at radius 2 is 1.86 bits per heavy atom. The van der Waals surface area contributed by atoms with Crippen molar-refractivity contribution < 1.29 is 9.84 Å². The highest BCUT2D eigenvalue weighted by atomic mass is 16.5. The molecule has 1 aliphatic rings. The molecule has 0 spiro atoms. The van der Waals surface area contributed by atoms with Crippen LogP contribution < -0.4 is 10.6 Å². The summed E-state index contributed by atoms with van der Waals surface area (Å²) in [6.07, 6.45) is 2.63. The maximum absolute atomic E-state index is 9.61. The molecule has 1 aromatic carbocycles. The number of piperidine rings is 1. The van der Waals surface area contributed by atoms with Gasteiger partial charge in [-0.15, -0.1) is 0 Å². The number of nitrogens with zero attached hydrogens (tertiary/aromatic N) is 2. The standard InChI is InChI=1S/C22H38N4O2/c1-18(2)17-28-14-4-11-24-22(23-3)25-15-19-5-7-20(8-6-19)16-26-12-9-21(27)10-13-26/h5-8,18,21,27H,4,9-17H2,1-3H3,(H2,23,24,25). The molecule has 0 bridgehead atoms. The average molecular weight is 391 g/mol. The lowest BCUT2D eigenvalue weighted by atomic mass is 10.1. The maximum atomic E-state index is 9.61. The lowest BCUT2D eigenvalue weighted by Crippen LogP contribution is -2.37. The van der Waals surface area contributed by atoms with Gasteiger partial charge in [-0.2, -0.15) is 0 Å². The van der Waals surface area contributed by atoms with E-state index in [1.54, 1.807) is 7.05 Å². The van der Waals surface area contributed by atoms with Crippen molar-refractivity contribution in [1.82, 2.24) is 15.5 Å². The van der Waals surface area contributed by atoms with Crippen LogP contribution in [-0.2, 0) is 17.8 Å². The molecule has 1 aliphatic heterocycles. The molecule has 0 unspecified atom stereocenters. The molecule has 6 heteroatoms. The van der Waals surface area contributed by atoms with Crippen molar-refractivity contribution in [3.63, 3.8) is 0 Å². The second-order valence-electron chi connectivity index (χ2n) is 8.00. The molecule has 6 nitrogen and oxygen atoms in total.